The van der Waals surface area contributed by atoms with Crippen molar-refractivity contribution in [2.75, 3.05) is 5.32 Å². The van der Waals surface area contributed by atoms with E-state index in [-0.39, 0.29) is 17.7 Å². The van der Waals surface area contributed by atoms with Crippen molar-refractivity contribution in [1.82, 2.24) is 4.98 Å². The molecule has 11 heteroatoms. The van der Waals surface area contributed by atoms with Crippen LogP contribution in [0.4, 0.5) is 32.0 Å². The van der Waals surface area contributed by atoms with E-state index >= 15 is 0 Å². The lowest BCUT2D eigenvalue weighted by Gasteiger charge is -2.30. The number of ether oxygens (including phenoxy) is 1. The van der Waals surface area contributed by atoms with Crippen LogP contribution in [0.15, 0.2) is 42.6 Å². The normalized spacial score (nSPS) is 28.0. The Morgan fingerprint density at radius 2 is 1.84 bits per heavy atom. The Morgan fingerprint density at radius 1 is 1.10 bits per heavy atom. The van der Waals surface area contributed by atoms with E-state index in [0.29, 0.717) is 0 Å². The second-order valence-electron chi connectivity index (χ2n) is 7.53. The van der Waals surface area contributed by atoms with E-state index in [9.17, 15) is 36.2 Å². The minimum atomic E-state index is -4.71. The Morgan fingerprint density at radius 3 is 2.52 bits per heavy atom. The minimum Gasteiger partial charge on any atom is -0.390 e. The summed E-state index contributed by atoms with van der Waals surface area (Å²) in [4.78, 5) is 16.2. The molecule has 31 heavy (non-hydrogen) atoms. The first kappa shape index (κ1) is 21.6. The number of nitrogens with one attached hydrogen (secondary N) is 1. The maximum absolute atomic E-state index is 13.1. The van der Waals surface area contributed by atoms with E-state index < -0.39 is 59.7 Å². The molecule has 0 saturated carbocycles. The summed E-state index contributed by atoms with van der Waals surface area (Å²) in [6.07, 6.45) is -10.9. The number of aliphatic hydroxyl groups is 1. The third-order valence-corrected chi connectivity index (χ3v) is 5.55. The summed E-state index contributed by atoms with van der Waals surface area (Å²) >= 11 is 0. The number of rotatable bonds is 3. The van der Waals surface area contributed by atoms with E-state index in [1.165, 1.54) is 12.1 Å². The third-order valence-electron chi connectivity index (χ3n) is 5.55. The third kappa shape index (κ3) is 4.11. The zero-order valence-corrected chi connectivity index (χ0v) is 15.6. The number of hydrogen-bond acceptors (Lipinski definition) is 4. The summed E-state index contributed by atoms with van der Waals surface area (Å²) in [5.41, 5.74) is -2.10. The smallest absolute Gasteiger partial charge is 0.390 e. The average Bonchev–Trinajstić information content (AvgIpc) is 3.24. The van der Waals surface area contributed by atoms with Gasteiger partial charge in [-0.05, 0) is 35.9 Å². The molecule has 4 rings (SSSR count). The molecule has 1 aromatic heterocycles. The summed E-state index contributed by atoms with van der Waals surface area (Å²) in [6.45, 7) is 0. The number of pyridine rings is 1. The molecule has 1 aromatic carbocycles. The minimum absolute atomic E-state index is 0.0963. The largest absolute Gasteiger partial charge is 0.433 e. The van der Waals surface area contributed by atoms with Crippen LogP contribution in [-0.2, 0) is 21.9 Å². The molecular weight excluding hydrogens is 430 g/mol. The number of halogens is 6. The number of carbonyl (C=O) groups is 1. The van der Waals surface area contributed by atoms with Gasteiger partial charge in [-0.15, -0.1) is 0 Å². The van der Waals surface area contributed by atoms with Crippen molar-refractivity contribution in [3.05, 3.63) is 59.4 Å². The van der Waals surface area contributed by atoms with Crippen molar-refractivity contribution < 1.29 is 41.0 Å². The monoisotopic (exact) mass is 446 g/mol. The van der Waals surface area contributed by atoms with Crippen LogP contribution < -0.4 is 5.32 Å². The molecule has 2 fully saturated rings. The van der Waals surface area contributed by atoms with E-state index in [1.807, 2.05) is 0 Å². The Balaban J connectivity index is 1.63. The molecule has 166 valence electrons. The number of amides is 1. The van der Waals surface area contributed by atoms with Gasteiger partial charge < -0.3 is 15.2 Å². The first-order chi connectivity index (χ1) is 14.4. The summed E-state index contributed by atoms with van der Waals surface area (Å²) < 4.78 is 83.7. The number of anilines is 1. The second kappa shape index (κ2) is 7.49. The lowest BCUT2D eigenvalue weighted by molar-refractivity contribution is -0.141. The van der Waals surface area contributed by atoms with E-state index in [1.54, 1.807) is 0 Å². The number of aromatic nitrogens is 1. The van der Waals surface area contributed by atoms with Gasteiger partial charge in [-0.2, -0.15) is 26.3 Å². The van der Waals surface area contributed by atoms with Gasteiger partial charge in [0.1, 0.15) is 5.69 Å². The molecule has 2 aliphatic heterocycles. The molecule has 1 amide bonds. The highest BCUT2D eigenvalue weighted by atomic mass is 19.4. The standard InChI is InChI=1S/C20H16F6N2O3/c21-19(22,23)10-2-1-3-11(7-10)28-18(30)16-13-8-12(29)17(31-13)15(16)9-4-5-27-14(6-9)20(24,25)26/h1-7,12-13,15-17,29H,8H2,(H,28,30). The van der Waals surface area contributed by atoms with Crippen molar-refractivity contribution in [1.29, 1.82) is 0 Å². The van der Waals surface area contributed by atoms with Crippen LogP contribution in [0.2, 0.25) is 0 Å². The Bertz CT molecular complexity index is 993. The highest BCUT2D eigenvalue weighted by molar-refractivity contribution is 5.94. The van der Waals surface area contributed by atoms with Gasteiger partial charge in [0.25, 0.3) is 0 Å². The first-order valence-corrected chi connectivity index (χ1v) is 9.30. The molecule has 0 aliphatic carbocycles. The van der Waals surface area contributed by atoms with Crippen LogP contribution in [0.5, 0.6) is 0 Å². The Labute approximate surface area is 172 Å². The molecule has 5 unspecified atom stereocenters. The van der Waals surface area contributed by atoms with E-state index in [2.05, 4.69) is 10.3 Å². The Hall–Kier alpha value is -2.66. The molecule has 3 heterocycles. The number of aliphatic hydroxyl groups excluding tert-OH is 1. The van der Waals surface area contributed by atoms with Gasteiger partial charge in [-0.3, -0.25) is 9.78 Å². The first-order valence-electron chi connectivity index (χ1n) is 9.30. The molecule has 2 aromatic rings. The summed E-state index contributed by atoms with van der Waals surface area (Å²) in [6, 6.07) is 6.14. The molecule has 5 nitrogen and oxygen atoms in total. The SMILES string of the molecule is O=C(Nc1cccc(C(F)(F)F)c1)C1C2CC(O)C(O2)C1c1ccnc(C(F)(F)F)c1. The van der Waals surface area contributed by atoms with Crippen molar-refractivity contribution in [3.63, 3.8) is 0 Å². The maximum Gasteiger partial charge on any atom is 0.433 e. The topological polar surface area (TPSA) is 71.5 Å². The van der Waals surface area contributed by atoms with Gasteiger partial charge in [-0.25, -0.2) is 0 Å². The number of fused-ring (bicyclic) bond motifs is 2. The molecule has 2 bridgehead atoms. The zero-order valence-electron chi connectivity index (χ0n) is 15.6. The highest BCUT2D eigenvalue weighted by Gasteiger charge is 2.57. The highest BCUT2D eigenvalue weighted by Crippen LogP contribution is 2.49. The lowest BCUT2D eigenvalue weighted by Crippen LogP contribution is -2.41. The molecule has 0 radical (unpaired) electrons. The van der Waals surface area contributed by atoms with Crippen molar-refractivity contribution >= 4 is 11.6 Å². The number of alkyl halides is 6. The number of benzene rings is 1. The molecule has 2 aliphatic rings. The Kier molecular flexibility index (Phi) is 5.21. The average molecular weight is 446 g/mol. The van der Waals surface area contributed by atoms with Crippen LogP contribution >= 0.6 is 0 Å². The van der Waals surface area contributed by atoms with Crippen LogP contribution in [0.1, 0.15) is 29.2 Å². The van der Waals surface area contributed by atoms with Gasteiger partial charge >= 0.3 is 12.4 Å². The number of carbonyl (C=O) groups excluding carboxylic acids is 1. The second-order valence-corrected chi connectivity index (χ2v) is 7.53. The molecule has 2 N–H and O–H groups in total. The van der Waals surface area contributed by atoms with Gasteiger partial charge in [-0.1, -0.05) is 6.07 Å². The molecule has 0 spiro atoms. The van der Waals surface area contributed by atoms with Crippen molar-refractivity contribution in [2.24, 2.45) is 5.92 Å². The van der Waals surface area contributed by atoms with Crippen LogP contribution in [0, 0.1) is 5.92 Å². The number of nitrogens with zero attached hydrogens (tertiary/aromatic N) is 1. The summed E-state index contributed by atoms with van der Waals surface area (Å²) in [5.74, 6) is -2.61. The van der Waals surface area contributed by atoms with Crippen LogP contribution in [0.3, 0.4) is 0 Å². The van der Waals surface area contributed by atoms with Crippen molar-refractivity contribution in [3.8, 4) is 0 Å². The molecule has 2 saturated heterocycles. The zero-order chi connectivity index (χ0) is 22.6. The predicted octanol–water partition coefficient (Wildman–Crippen LogP) is 3.99. The van der Waals surface area contributed by atoms with Gasteiger partial charge in [0.05, 0.1) is 29.8 Å². The van der Waals surface area contributed by atoms with E-state index in [4.69, 9.17) is 4.74 Å². The van der Waals surface area contributed by atoms with Crippen LogP contribution in [0.25, 0.3) is 0 Å². The van der Waals surface area contributed by atoms with Gasteiger partial charge in [0, 0.05) is 24.2 Å². The fourth-order valence-electron chi connectivity index (χ4n) is 4.25. The summed E-state index contributed by atoms with van der Waals surface area (Å²) in [7, 11) is 0. The maximum atomic E-state index is 13.1. The molecule has 5 atom stereocenters. The van der Waals surface area contributed by atoms with Crippen LogP contribution in [-0.4, -0.2) is 34.3 Å². The van der Waals surface area contributed by atoms with Crippen molar-refractivity contribution in [2.45, 2.75) is 43.0 Å². The molecular formula is C20H16F6N2O3. The number of hydrogen-bond donors (Lipinski definition) is 2. The van der Waals surface area contributed by atoms with Gasteiger partial charge in [0.2, 0.25) is 5.91 Å². The van der Waals surface area contributed by atoms with E-state index in [0.717, 1.165) is 30.5 Å². The lowest BCUT2D eigenvalue weighted by atomic mass is 9.74. The predicted molar refractivity (Wildman–Crippen MR) is 94.8 cm³/mol. The fraction of sp³-hybridized carbons (Fsp3) is 0.400. The quantitative estimate of drug-likeness (QED) is 0.700. The van der Waals surface area contributed by atoms with Gasteiger partial charge in [0.15, 0.2) is 0 Å². The fourth-order valence-corrected chi connectivity index (χ4v) is 4.25. The summed E-state index contributed by atoms with van der Waals surface area (Å²) in [5, 5.41) is 12.6.